The molecule has 0 aromatic heterocycles. The first-order valence-electron chi connectivity index (χ1n) is 10.2. The van der Waals surface area contributed by atoms with E-state index in [1.165, 1.54) is 19.1 Å². The zero-order valence-corrected chi connectivity index (χ0v) is 18.6. The predicted octanol–water partition coefficient (Wildman–Crippen LogP) is 3.70. The van der Waals surface area contributed by atoms with Gasteiger partial charge in [-0.15, -0.1) is 0 Å². The number of methoxy groups -OCH3 is 1. The van der Waals surface area contributed by atoms with Gasteiger partial charge in [-0.3, -0.25) is 14.4 Å². The number of hydrogen-bond acceptors (Lipinski definition) is 6. The molecule has 9 heteroatoms. The molecular formula is C25H23N3O6. The molecule has 0 fully saturated rings. The lowest BCUT2D eigenvalue weighted by Crippen LogP contribution is -2.21. The van der Waals surface area contributed by atoms with Crippen LogP contribution in [0.15, 0.2) is 72.8 Å². The number of anilines is 3. The largest absolute Gasteiger partial charge is 0.497 e. The summed E-state index contributed by atoms with van der Waals surface area (Å²) >= 11 is 0. The van der Waals surface area contributed by atoms with Gasteiger partial charge < -0.3 is 25.4 Å². The number of nitrogens with one attached hydrogen (secondary N) is 3. The van der Waals surface area contributed by atoms with Crippen molar-refractivity contribution in [1.82, 2.24) is 0 Å². The number of carbonyl (C=O) groups is 4. The lowest BCUT2D eigenvalue weighted by molar-refractivity contribution is -0.119. The molecule has 0 radical (unpaired) electrons. The van der Waals surface area contributed by atoms with Crippen molar-refractivity contribution in [3.63, 3.8) is 0 Å². The summed E-state index contributed by atoms with van der Waals surface area (Å²) in [6.45, 7) is 0.859. The highest BCUT2D eigenvalue weighted by Crippen LogP contribution is 2.17. The van der Waals surface area contributed by atoms with Crippen molar-refractivity contribution in [3.8, 4) is 5.75 Å². The molecular weight excluding hydrogens is 438 g/mol. The maximum Gasteiger partial charge on any atom is 0.338 e. The van der Waals surface area contributed by atoms with Crippen LogP contribution in [0.2, 0.25) is 0 Å². The molecule has 174 valence electrons. The number of benzene rings is 3. The highest BCUT2D eigenvalue weighted by atomic mass is 16.5. The summed E-state index contributed by atoms with van der Waals surface area (Å²) in [5.74, 6) is -1.13. The SMILES string of the molecule is COc1ccc(NC(=O)c2ccc(NC(=O)COC(=O)c3cccc(NC(C)=O)c3)cc2)cc1. The van der Waals surface area contributed by atoms with Crippen LogP contribution in [0.3, 0.4) is 0 Å². The summed E-state index contributed by atoms with van der Waals surface area (Å²) in [7, 11) is 1.56. The molecule has 0 spiro atoms. The Morgan fingerprint density at radius 3 is 2.03 bits per heavy atom. The van der Waals surface area contributed by atoms with Crippen LogP contribution in [-0.2, 0) is 14.3 Å². The molecule has 0 heterocycles. The van der Waals surface area contributed by atoms with Gasteiger partial charge in [0.15, 0.2) is 6.61 Å². The fourth-order valence-electron chi connectivity index (χ4n) is 2.92. The summed E-state index contributed by atoms with van der Waals surface area (Å²) in [4.78, 5) is 47.8. The van der Waals surface area contributed by atoms with Gasteiger partial charge in [-0.05, 0) is 66.7 Å². The number of carbonyl (C=O) groups excluding carboxylic acids is 4. The van der Waals surface area contributed by atoms with Crippen molar-refractivity contribution >= 4 is 40.8 Å². The highest BCUT2D eigenvalue weighted by molar-refractivity contribution is 6.04. The van der Waals surface area contributed by atoms with E-state index < -0.39 is 18.5 Å². The second-order valence-corrected chi connectivity index (χ2v) is 7.15. The average Bonchev–Trinajstić information content (AvgIpc) is 2.83. The van der Waals surface area contributed by atoms with Crippen LogP contribution in [0, 0.1) is 0 Å². The molecule has 3 aromatic carbocycles. The number of hydrogen-bond donors (Lipinski definition) is 3. The number of rotatable bonds is 8. The van der Waals surface area contributed by atoms with Crippen LogP contribution in [0.5, 0.6) is 5.75 Å². The zero-order valence-electron chi connectivity index (χ0n) is 18.6. The summed E-state index contributed by atoms with van der Waals surface area (Å²) in [5.41, 5.74) is 2.11. The van der Waals surface area contributed by atoms with Gasteiger partial charge in [-0.2, -0.15) is 0 Å². The average molecular weight is 461 g/mol. The van der Waals surface area contributed by atoms with Crippen molar-refractivity contribution in [2.24, 2.45) is 0 Å². The van der Waals surface area contributed by atoms with Gasteiger partial charge in [-0.25, -0.2) is 4.79 Å². The second kappa shape index (κ2) is 11.3. The molecule has 34 heavy (non-hydrogen) atoms. The summed E-state index contributed by atoms with van der Waals surface area (Å²) in [6.07, 6.45) is 0. The predicted molar refractivity (Wildman–Crippen MR) is 127 cm³/mol. The van der Waals surface area contributed by atoms with E-state index in [-0.39, 0.29) is 17.4 Å². The van der Waals surface area contributed by atoms with E-state index >= 15 is 0 Å². The van der Waals surface area contributed by atoms with E-state index in [9.17, 15) is 19.2 Å². The number of ether oxygens (including phenoxy) is 2. The molecule has 0 aliphatic rings. The van der Waals surface area contributed by atoms with E-state index in [1.807, 2.05) is 0 Å². The first-order valence-corrected chi connectivity index (χ1v) is 10.2. The normalized spacial score (nSPS) is 10.1. The number of esters is 1. The minimum absolute atomic E-state index is 0.200. The molecule has 0 aliphatic heterocycles. The highest BCUT2D eigenvalue weighted by Gasteiger charge is 2.12. The van der Waals surface area contributed by atoms with Crippen LogP contribution >= 0.6 is 0 Å². The third-order valence-electron chi connectivity index (χ3n) is 4.53. The van der Waals surface area contributed by atoms with Crippen molar-refractivity contribution < 1.29 is 28.7 Å². The maximum absolute atomic E-state index is 12.4. The Labute approximate surface area is 196 Å². The molecule has 3 rings (SSSR count). The first-order chi connectivity index (χ1) is 16.3. The molecule has 0 bridgehead atoms. The standard InChI is InChI=1S/C25H23N3O6/c1-16(29)26-21-5-3-4-18(14-21)25(32)34-15-23(30)27-19-8-6-17(7-9-19)24(31)28-20-10-12-22(33-2)13-11-20/h3-14H,15H2,1-2H3,(H,26,29)(H,27,30)(H,28,31). The Morgan fingerprint density at radius 1 is 0.735 bits per heavy atom. The topological polar surface area (TPSA) is 123 Å². The van der Waals surface area contributed by atoms with Crippen LogP contribution in [0.1, 0.15) is 27.6 Å². The monoisotopic (exact) mass is 461 g/mol. The minimum atomic E-state index is -0.701. The molecule has 3 amide bonds. The van der Waals surface area contributed by atoms with E-state index in [1.54, 1.807) is 67.8 Å². The van der Waals surface area contributed by atoms with Crippen LogP contribution in [-0.4, -0.2) is 37.4 Å². The Kier molecular flexibility index (Phi) is 7.96. The zero-order chi connectivity index (χ0) is 24.5. The van der Waals surface area contributed by atoms with Gasteiger partial charge in [0, 0.05) is 29.5 Å². The van der Waals surface area contributed by atoms with Gasteiger partial charge in [0.1, 0.15) is 5.75 Å². The molecule has 0 unspecified atom stereocenters. The van der Waals surface area contributed by atoms with E-state index in [2.05, 4.69) is 16.0 Å². The molecule has 3 aromatic rings. The van der Waals surface area contributed by atoms with Crippen molar-refractivity contribution in [1.29, 1.82) is 0 Å². The second-order valence-electron chi connectivity index (χ2n) is 7.15. The maximum atomic E-state index is 12.4. The van der Waals surface area contributed by atoms with Crippen LogP contribution in [0.25, 0.3) is 0 Å². The molecule has 3 N–H and O–H groups in total. The molecule has 9 nitrogen and oxygen atoms in total. The third kappa shape index (κ3) is 6.92. The van der Waals surface area contributed by atoms with Gasteiger partial charge in [0.05, 0.1) is 12.7 Å². The van der Waals surface area contributed by atoms with Crippen molar-refractivity contribution in [3.05, 3.63) is 83.9 Å². The smallest absolute Gasteiger partial charge is 0.338 e. The summed E-state index contributed by atoms with van der Waals surface area (Å²) in [6, 6.07) is 19.4. The Morgan fingerprint density at radius 2 is 1.38 bits per heavy atom. The van der Waals surface area contributed by atoms with Gasteiger partial charge in [-0.1, -0.05) is 6.07 Å². The Balaban J connectivity index is 1.50. The molecule has 0 saturated heterocycles. The van der Waals surface area contributed by atoms with E-state index in [0.717, 1.165) is 0 Å². The summed E-state index contributed by atoms with van der Waals surface area (Å²) in [5, 5.41) is 7.93. The fourth-order valence-corrected chi connectivity index (χ4v) is 2.92. The van der Waals surface area contributed by atoms with E-state index in [4.69, 9.17) is 9.47 Å². The Hall–Kier alpha value is -4.66. The van der Waals surface area contributed by atoms with Crippen LogP contribution < -0.4 is 20.7 Å². The Bertz CT molecular complexity index is 1190. The quantitative estimate of drug-likeness (QED) is 0.440. The minimum Gasteiger partial charge on any atom is -0.497 e. The fraction of sp³-hybridized carbons (Fsp3) is 0.120. The van der Waals surface area contributed by atoms with Gasteiger partial charge in [0.25, 0.3) is 11.8 Å². The molecule has 0 atom stereocenters. The lowest BCUT2D eigenvalue weighted by Gasteiger charge is -2.09. The summed E-state index contributed by atoms with van der Waals surface area (Å²) < 4.78 is 10.1. The van der Waals surface area contributed by atoms with Gasteiger partial charge in [0.2, 0.25) is 5.91 Å². The third-order valence-corrected chi connectivity index (χ3v) is 4.53. The number of amides is 3. The molecule has 0 aliphatic carbocycles. The van der Waals surface area contributed by atoms with E-state index in [0.29, 0.717) is 28.4 Å². The van der Waals surface area contributed by atoms with Crippen molar-refractivity contribution in [2.45, 2.75) is 6.92 Å². The van der Waals surface area contributed by atoms with Crippen LogP contribution in [0.4, 0.5) is 17.1 Å². The van der Waals surface area contributed by atoms with Gasteiger partial charge >= 0.3 is 5.97 Å². The lowest BCUT2D eigenvalue weighted by atomic mass is 10.2. The first kappa shape index (κ1) is 24.0. The molecule has 0 saturated carbocycles. The van der Waals surface area contributed by atoms with Crippen molar-refractivity contribution in [2.75, 3.05) is 29.7 Å².